The molecule has 1 aromatic heterocycles. The molecule has 2 aliphatic rings. The van der Waals surface area contributed by atoms with Crippen LogP contribution in [0.1, 0.15) is 44.6 Å². The number of aryl methyl sites for hydroxylation is 1. The Bertz CT molecular complexity index is 808. The van der Waals surface area contributed by atoms with E-state index in [9.17, 15) is 4.79 Å². The third-order valence-corrected chi connectivity index (χ3v) is 6.43. The second-order valence-corrected chi connectivity index (χ2v) is 8.51. The zero-order chi connectivity index (χ0) is 19.5. The maximum Gasteiger partial charge on any atom is 0.223 e. The minimum Gasteiger partial charge on any atom is -0.355 e. The molecule has 2 fully saturated rings. The number of nitrogens with zero attached hydrogens (tertiary/aromatic N) is 3. The van der Waals surface area contributed by atoms with Crippen molar-refractivity contribution in [2.75, 3.05) is 37.6 Å². The molecule has 4 rings (SSSR count). The Morgan fingerprint density at radius 3 is 2.82 bits per heavy atom. The summed E-state index contributed by atoms with van der Waals surface area (Å²) in [6, 6.07) is 6.94. The van der Waals surface area contributed by atoms with Crippen molar-refractivity contribution in [2.24, 2.45) is 5.92 Å². The van der Waals surface area contributed by atoms with E-state index < -0.39 is 0 Å². The number of anilines is 1. The van der Waals surface area contributed by atoms with E-state index >= 15 is 0 Å². The van der Waals surface area contributed by atoms with Gasteiger partial charge < -0.3 is 15.2 Å². The van der Waals surface area contributed by atoms with Crippen molar-refractivity contribution >= 4 is 22.9 Å². The molecule has 0 radical (unpaired) electrons. The van der Waals surface area contributed by atoms with Crippen LogP contribution in [0.2, 0.25) is 0 Å². The molecule has 2 aromatic rings. The third-order valence-electron chi connectivity index (χ3n) is 6.43. The van der Waals surface area contributed by atoms with E-state index in [1.54, 1.807) is 0 Å². The molecule has 28 heavy (non-hydrogen) atoms. The first kappa shape index (κ1) is 19.2. The van der Waals surface area contributed by atoms with Gasteiger partial charge in [-0.2, -0.15) is 0 Å². The summed E-state index contributed by atoms with van der Waals surface area (Å²) in [6.07, 6.45) is 5.70. The second-order valence-electron chi connectivity index (χ2n) is 8.51. The van der Waals surface area contributed by atoms with Crippen molar-refractivity contribution in [2.45, 2.75) is 52.0 Å². The number of H-pyrrole nitrogens is 1. The van der Waals surface area contributed by atoms with E-state index in [-0.39, 0.29) is 11.8 Å². The van der Waals surface area contributed by atoms with Crippen LogP contribution in [-0.4, -0.2) is 59.5 Å². The first-order chi connectivity index (χ1) is 13.6. The minimum absolute atomic E-state index is 0.127. The number of hydrogen-bond acceptors (Lipinski definition) is 4. The number of carbonyl (C=O) groups excluding carboxylic acids is 1. The summed E-state index contributed by atoms with van der Waals surface area (Å²) in [6.45, 7) is 9.06. The van der Waals surface area contributed by atoms with Crippen LogP contribution >= 0.6 is 0 Å². The number of rotatable bonds is 5. The van der Waals surface area contributed by atoms with E-state index in [4.69, 9.17) is 4.98 Å². The van der Waals surface area contributed by atoms with E-state index in [0.29, 0.717) is 6.04 Å². The normalized spacial score (nSPS) is 21.9. The predicted molar refractivity (Wildman–Crippen MR) is 114 cm³/mol. The van der Waals surface area contributed by atoms with Crippen LogP contribution in [0.25, 0.3) is 11.0 Å². The lowest BCUT2D eigenvalue weighted by atomic mass is 9.96. The van der Waals surface area contributed by atoms with Gasteiger partial charge >= 0.3 is 0 Å². The number of benzene rings is 1. The summed E-state index contributed by atoms with van der Waals surface area (Å²) < 4.78 is 0. The molecule has 152 valence electrons. The quantitative estimate of drug-likeness (QED) is 0.833. The highest BCUT2D eigenvalue weighted by Crippen LogP contribution is 2.24. The Kier molecular flexibility index (Phi) is 5.85. The van der Waals surface area contributed by atoms with Gasteiger partial charge in [-0.05, 0) is 63.8 Å². The Morgan fingerprint density at radius 2 is 2.04 bits per heavy atom. The second kappa shape index (κ2) is 8.52. The summed E-state index contributed by atoms with van der Waals surface area (Å²) in [7, 11) is 0. The number of aromatic nitrogens is 2. The fraction of sp³-hybridized carbons (Fsp3) is 0.636. The number of nitrogens with one attached hydrogen (secondary N) is 2. The van der Waals surface area contributed by atoms with E-state index in [0.717, 1.165) is 56.0 Å². The minimum atomic E-state index is 0.127. The largest absolute Gasteiger partial charge is 0.355 e. The number of carbonyl (C=O) groups is 1. The van der Waals surface area contributed by atoms with Crippen molar-refractivity contribution in [3.63, 3.8) is 0 Å². The van der Waals surface area contributed by atoms with Crippen LogP contribution < -0.4 is 10.2 Å². The maximum atomic E-state index is 12.6. The standard InChI is InChI=1S/C22H33N5O/c1-16-6-7-19-20(15-16)25-22(24-19)27-12-8-18(9-13-27)21(28)23-10-14-26-11-4-3-5-17(26)2/h6-7,15,17-18H,3-5,8-14H2,1-2H3,(H,23,28)(H,24,25)/t17-/m1/s1. The first-order valence-corrected chi connectivity index (χ1v) is 10.8. The van der Waals surface area contributed by atoms with Crippen molar-refractivity contribution in [1.82, 2.24) is 20.2 Å². The monoisotopic (exact) mass is 383 g/mol. The van der Waals surface area contributed by atoms with Crippen molar-refractivity contribution in [3.8, 4) is 0 Å². The van der Waals surface area contributed by atoms with E-state index in [1.165, 1.54) is 31.4 Å². The van der Waals surface area contributed by atoms with Gasteiger partial charge in [-0.3, -0.25) is 9.69 Å². The van der Waals surface area contributed by atoms with Crippen molar-refractivity contribution in [1.29, 1.82) is 0 Å². The van der Waals surface area contributed by atoms with Crippen LogP contribution in [0.3, 0.4) is 0 Å². The molecular weight excluding hydrogens is 350 g/mol. The summed E-state index contributed by atoms with van der Waals surface area (Å²) in [5.74, 6) is 1.28. The molecule has 2 aliphatic heterocycles. The highest BCUT2D eigenvalue weighted by molar-refractivity contribution is 5.80. The van der Waals surface area contributed by atoms with Crippen molar-refractivity contribution in [3.05, 3.63) is 23.8 Å². The molecule has 0 aliphatic carbocycles. The van der Waals surface area contributed by atoms with Gasteiger partial charge in [0, 0.05) is 38.1 Å². The Labute approximate surface area is 167 Å². The van der Waals surface area contributed by atoms with E-state index in [2.05, 4.69) is 52.1 Å². The Balaban J connectivity index is 1.24. The van der Waals surface area contributed by atoms with Gasteiger partial charge in [-0.1, -0.05) is 12.5 Å². The average Bonchev–Trinajstić information content (AvgIpc) is 3.12. The Morgan fingerprint density at radius 1 is 1.21 bits per heavy atom. The molecule has 0 spiro atoms. The number of piperidine rings is 2. The van der Waals surface area contributed by atoms with Gasteiger partial charge in [-0.25, -0.2) is 4.98 Å². The van der Waals surface area contributed by atoms with Crippen molar-refractivity contribution < 1.29 is 4.79 Å². The molecule has 1 aromatic carbocycles. The molecule has 0 unspecified atom stereocenters. The molecule has 6 heteroatoms. The molecule has 1 atom stereocenters. The SMILES string of the molecule is Cc1ccc2nc(N3CCC(C(=O)NCCN4CCCC[C@H]4C)CC3)[nH]c2c1. The van der Waals surface area contributed by atoms with Gasteiger partial charge in [0.2, 0.25) is 11.9 Å². The van der Waals surface area contributed by atoms with Crippen LogP contribution in [-0.2, 0) is 4.79 Å². The molecular formula is C22H33N5O. The molecule has 0 saturated carbocycles. The Hall–Kier alpha value is -2.08. The maximum absolute atomic E-state index is 12.6. The molecule has 0 bridgehead atoms. The number of fused-ring (bicyclic) bond motifs is 1. The lowest BCUT2D eigenvalue weighted by Gasteiger charge is -2.34. The summed E-state index contributed by atoms with van der Waals surface area (Å²) in [5.41, 5.74) is 3.33. The summed E-state index contributed by atoms with van der Waals surface area (Å²) in [5, 5.41) is 3.18. The fourth-order valence-electron chi connectivity index (χ4n) is 4.57. The van der Waals surface area contributed by atoms with Crippen LogP contribution in [0.4, 0.5) is 5.95 Å². The molecule has 2 N–H and O–H groups in total. The van der Waals surface area contributed by atoms with Crippen LogP contribution in [0.5, 0.6) is 0 Å². The van der Waals surface area contributed by atoms with Gasteiger partial charge in [0.05, 0.1) is 11.0 Å². The first-order valence-electron chi connectivity index (χ1n) is 10.8. The number of amides is 1. The third kappa shape index (κ3) is 4.32. The highest BCUT2D eigenvalue weighted by atomic mass is 16.1. The van der Waals surface area contributed by atoms with Gasteiger partial charge in [0.25, 0.3) is 0 Å². The number of imidazole rings is 1. The smallest absolute Gasteiger partial charge is 0.223 e. The van der Waals surface area contributed by atoms with E-state index in [1.807, 2.05) is 0 Å². The van der Waals surface area contributed by atoms with Crippen LogP contribution in [0, 0.1) is 12.8 Å². The average molecular weight is 384 g/mol. The van der Waals surface area contributed by atoms with Gasteiger partial charge in [-0.15, -0.1) is 0 Å². The predicted octanol–water partition coefficient (Wildman–Crippen LogP) is 3.08. The molecule has 1 amide bonds. The summed E-state index contributed by atoms with van der Waals surface area (Å²) in [4.78, 5) is 25.5. The molecule has 6 nitrogen and oxygen atoms in total. The van der Waals surface area contributed by atoms with Gasteiger partial charge in [0.15, 0.2) is 0 Å². The fourth-order valence-corrected chi connectivity index (χ4v) is 4.57. The lowest BCUT2D eigenvalue weighted by Crippen LogP contribution is -2.45. The molecule has 3 heterocycles. The number of aromatic amines is 1. The highest BCUT2D eigenvalue weighted by Gasteiger charge is 2.26. The topological polar surface area (TPSA) is 64.3 Å². The van der Waals surface area contributed by atoms with Crippen LogP contribution in [0.15, 0.2) is 18.2 Å². The number of hydrogen-bond donors (Lipinski definition) is 2. The number of likely N-dealkylation sites (tertiary alicyclic amines) is 1. The zero-order valence-electron chi connectivity index (χ0n) is 17.2. The lowest BCUT2D eigenvalue weighted by molar-refractivity contribution is -0.125. The molecule has 2 saturated heterocycles. The zero-order valence-corrected chi connectivity index (χ0v) is 17.2. The van der Waals surface area contributed by atoms with Gasteiger partial charge in [0.1, 0.15) is 0 Å². The summed E-state index contributed by atoms with van der Waals surface area (Å²) >= 11 is 0.